The van der Waals surface area contributed by atoms with Crippen LogP contribution in [0, 0.1) is 5.92 Å². The lowest BCUT2D eigenvalue weighted by atomic mass is 10.1. The van der Waals surface area contributed by atoms with Crippen LogP contribution in [0.5, 0.6) is 5.75 Å². The topological polar surface area (TPSA) is 22.1 Å². The van der Waals surface area contributed by atoms with Crippen molar-refractivity contribution in [3.8, 4) is 5.75 Å². The highest BCUT2D eigenvalue weighted by Crippen LogP contribution is 2.27. The van der Waals surface area contributed by atoms with Crippen molar-refractivity contribution < 1.29 is 4.74 Å². The maximum absolute atomic E-state index is 5.19. The maximum Gasteiger partial charge on any atom is 0.120 e. The first kappa shape index (κ1) is 10.4. The molecule has 0 saturated carbocycles. The van der Waals surface area contributed by atoms with Crippen molar-refractivity contribution in [2.24, 2.45) is 5.92 Å². The maximum atomic E-state index is 5.19. The van der Waals surface area contributed by atoms with E-state index in [-0.39, 0.29) is 0 Å². The lowest BCUT2D eigenvalue weighted by molar-refractivity contribution is 0.415. The second-order valence-corrected chi connectivity index (χ2v) is 5.15. The molecule has 3 heteroatoms. The Hall–Kier alpha value is -1.09. The number of aromatic nitrogens is 1. The standard InChI is InChI=1S/C12H15NOS/c1-8(2)6-12-13-10-5-4-9(14-3)7-11(10)15-12/h4-5,7-8H,6H2,1-3H3. The molecule has 0 amide bonds. The van der Waals surface area contributed by atoms with Gasteiger partial charge in [0.25, 0.3) is 0 Å². The van der Waals surface area contributed by atoms with Crippen LogP contribution in [-0.4, -0.2) is 12.1 Å². The molecule has 80 valence electrons. The molecule has 0 fully saturated rings. The third-order valence-corrected chi connectivity index (χ3v) is 3.26. The lowest BCUT2D eigenvalue weighted by Gasteiger charge is -1.97. The molecule has 0 aliphatic carbocycles. The van der Waals surface area contributed by atoms with Gasteiger partial charge in [0, 0.05) is 6.42 Å². The van der Waals surface area contributed by atoms with Crippen LogP contribution in [0.1, 0.15) is 18.9 Å². The molecular weight excluding hydrogens is 206 g/mol. The van der Waals surface area contributed by atoms with Gasteiger partial charge < -0.3 is 4.74 Å². The summed E-state index contributed by atoms with van der Waals surface area (Å²) in [6.07, 6.45) is 1.06. The molecule has 2 nitrogen and oxygen atoms in total. The number of thiazole rings is 1. The van der Waals surface area contributed by atoms with Crippen LogP contribution in [-0.2, 0) is 6.42 Å². The molecule has 0 unspecified atom stereocenters. The summed E-state index contributed by atoms with van der Waals surface area (Å²) in [5.41, 5.74) is 1.08. The van der Waals surface area contributed by atoms with Crippen molar-refractivity contribution in [2.45, 2.75) is 20.3 Å². The van der Waals surface area contributed by atoms with E-state index in [1.165, 1.54) is 9.71 Å². The average Bonchev–Trinajstić information content (AvgIpc) is 2.57. The smallest absolute Gasteiger partial charge is 0.120 e. The molecule has 2 rings (SSSR count). The summed E-state index contributed by atoms with van der Waals surface area (Å²) in [5, 5.41) is 1.22. The van der Waals surface area contributed by atoms with Crippen molar-refractivity contribution in [1.82, 2.24) is 4.98 Å². The number of methoxy groups -OCH3 is 1. The molecule has 0 aliphatic heterocycles. The number of nitrogens with zero attached hydrogens (tertiary/aromatic N) is 1. The number of fused-ring (bicyclic) bond motifs is 1. The van der Waals surface area contributed by atoms with Gasteiger partial charge in [0.2, 0.25) is 0 Å². The fourth-order valence-corrected chi connectivity index (χ4v) is 2.72. The molecule has 0 atom stereocenters. The van der Waals surface area contributed by atoms with Gasteiger partial charge in [-0.1, -0.05) is 13.8 Å². The molecule has 1 aromatic carbocycles. The SMILES string of the molecule is COc1ccc2nc(CC(C)C)sc2c1. The third-order valence-electron chi connectivity index (χ3n) is 2.22. The number of benzene rings is 1. The Morgan fingerprint density at radius 1 is 1.40 bits per heavy atom. The van der Waals surface area contributed by atoms with Crippen LogP contribution in [0.3, 0.4) is 0 Å². The first-order chi connectivity index (χ1) is 7.19. The quantitative estimate of drug-likeness (QED) is 0.791. The van der Waals surface area contributed by atoms with E-state index in [0.717, 1.165) is 17.7 Å². The summed E-state index contributed by atoms with van der Waals surface area (Å²) in [4.78, 5) is 4.59. The van der Waals surface area contributed by atoms with E-state index in [1.54, 1.807) is 18.4 Å². The molecule has 2 aromatic rings. The van der Waals surface area contributed by atoms with Gasteiger partial charge in [-0.15, -0.1) is 11.3 Å². The lowest BCUT2D eigenvalue weighted by Crippen LogP contribution is -1.91. The van der Waals surface area contributed by atoms with Crippen LogP contribution in [0.25, 0.3) is 10.2 Å². The summed E-state index contributed by atoms with van der Waals surface area (Å²) in [6, 6.07) is 6.03. The Balaban J connectivity index is 2.37. The number of hydrogen-bond donors (Lipinski definition) is 0. The largest absolute Gasteiger partial charge is 0.497 e. The van der Waals surface area contributed by atoms with Gasteiger partial charge in [0.1, 0.15) is 5.75 Å². The molecule has 0 aliphatic rings. The van der Waals surface area contributed by atoms with Gasteiger partial charge in [-0.2, -0.15) is 0 Å². The van der Waals surface area contributed by atoms with Crippen LogP contribution < -0.4 is 4.74 Å². The highest BCUT2D eigenvalue weighted by atomic mass is 32.1. The van der Waals surface area contributed by atoms with Gasteiger partial charge in [0.15, 0.2) is 0 Å². The van der Waals surface area contributed by atoms with Crippen molar-refractivity contribution in [2.75, 3.05) is 7.11 Å². The van der Waals surface area contributed by atoms with Crippen LogP contribution in [0.15, 0.2) is 18.2 Å². The number of rotatable bonds is 3. The van der Waals surface area contributed by atoms with Gasteiger partial charge in [-0.05, 0) is 24.1 Å². The van der Waals surface area contributed by atoms with Crippen molar-refractivity contribution in [1.29, 1.82) is 0 Å². The molecule has 0 bridgehead atoms. The zero-order valence-electron chi connectivity index (χ0n) is 9.28. The first-order valence-corrected chi connectivity index (χ1v) is 5.94. The highest BCUT2D eigenvalue weighted by molar-refractivity contribution is 7.18. The normalized spacial score (nSPS) is 11.2. The van der Waals surface area contributed by atoms with Crippen molar-refractivity contribution in [3.05, 3.63) is 23.2 Å². The van der Waals surface area contributed by atoms with Crippen LogP contribution in [0.2, 0.25) is 0 Å². The summed E-state index contributed by atoms with van der Waals surface area (Å²) in [5.74, 6) is 1.56. The molecule has 0 spiro atoms. The van der Waals surface area contributed by atoms with Crippen LogP contribution in [0.4, 0.5) is 0 Å². The number of hydrogen-bond acceptors (Lipinski definition) is 3. The van der Waals surface area contributed by atoms with Gasteiger partial charge in [0.05, 0.1) is 22.3 Å². The zero-order valence-corrected chi connectivity index (χ0v) is 10.1. The molecule has 1 heterocycles. The molecule has 15 heavy (non-hydrogen) atoms. The Morgan fingerprint density at radius 2 is 2.20 bits per heavy atom. The predicted octanol–water partition coefficient (Wildman–Crippen LogP) is 3.50. The van der Waals surface area contributed by atoms with Gasteiger partial charge in [-0.3, -0.25) is 0 Å². The number of ether oxygens (including phenoxy) is 1. The molecular formula is C12H15NOS. The minimum Gasteiger partial charge on any atom is -0.497 e. The van der Waals surface area contributed by atoms with E-state index in [2.05, 4.69) is 24.9 Å². The molecule has 1 aromatic heterocycles. The second-order valence-electron chi connectivity index (χ2n) is 4.04. The van der Waals surface area contributed by atoms with E-state index < -0.39 is 0 Å². The Bertz CT molecular complexity index is 462. The zero-order chi connectivity index (χ0) is 10.8. The van der Waals surface area contributed by atoms with E-state index in [0.29, 0.717) is 5.92 Å². The predicted molar refractivity (Wildman–Crippen MR) is 64.7 cm³/mol. The van der Waals surface area contributed by atoms with Crippen LogP contribution >= 0.6 is 11.3 Å². The van der Waals surface area contributed by atoms with E-state index in [9.17, 15) is 0 Å². The highest BCUT2D eigenvalue weighted by Gasteiger charge is 2.06. The molecule has 0 radical (unpaired) electrons. The average molecular weight is 221 g/mol. The van der Waals surface area contributed by atoms with Gasteiger partial charge in [-0.25, -0.2) is 4.98 Å². The fraction of sp³-hybridized carbons (Fsp3) is 0.417. The summed E-state index contributed by atoms with van der Waals surface area (Å²) >= 11 is 1.76. The Morgan fingerprint density at radius 3 is 2.87 bits per heavy atom. The van der Waals surface area contributed by atoms with Crippen molar-refractivity contribution >= 4 is 21.6 Å². The second kappa shape index (κ2) is 4.19. The summed E-state index contributed by atoms with van der Waals surface area (Å²) in [6.45, 7) is 4.43. The molecule has 0 saturated heterocycles. The van der Waals surface area contributed by atoms with Gasteiger partial charge >= 0.3 is 0 Å². The van der Waals surface area contributed by atoms with Crippen molar-refractivity contribution in [3.63, 3.8) is 0 Å². The summed E-state index contributed by atoms with van der Waals surface area (Å²) in [7, 11) is 1.69. The van der Waals surface area contributed by atoms with E-state index >= 15 is 0 Å². The van der Waals surface area contributed by atoms with E-state index in [1.807, 2.05) is 12.1 Å². The third kappa shape index (κ3) is 2.29. The Kier molecular flexibility index (Phi) is 2.91. The minimum atomic E-state index is 0.660. The summed E-state index contributed by atoms with van der Waals surface area (Å²) < 4.78 is 6.40. The molecule has 0 N–H and O–H groups in total. The first-order valence-electron chi connectivity index (χ1n) is 5.12. The minimum absolute atomic E-state index is 0.660. The van der Waals surface area contributed by atoms with E-state index in [4.69, 9.17) is 4.74 Å². The monoisotopic (exact) mass is 221 g/mol. The Labute approximate surface area is 93.9 Å². The fourth-order valence-electron chi connectivity index (χ4n) is 1.52.